The fourth-order valence-corrected chi connectivity index (χ4v) is 5.63. The summed E-state index contributed by atoms with van der Waals surface area (Å²) in [7, 11) is -5.14. The number of carboxylic acids is 1. The number of nitrogens with one attached hydrogen (secondary N) is 3. The molecule has 0 spiro atoms. The second kappa shape index (κ2) is 12.6. The number of guanidine groups is 1. The van der Waals surface area contributed by atoms with Crippen LogP contribution in [0.25, 0.3) is 0 Å². The number of aromatic nitrogens is 2. The highest BCUT2D eigenvalue weighted by molar-refractivity contribution is 7.84. The van der Waals surface area contributed by atoms with Crippen LogP contribution < -0.4 is 27.1 Å². The normalized spacial score (nSPS) is 19.5. The molecule has 3 heterocycles. The summed E-state index contributed by atoms with van der Waals surface area (Å²) >= 11 is 0.917. The first-order valence-corrected chi connectivity index (χ1v) is 14.9. The SMILES string of the molecule is N#C/N=C(\NCc1cc(=O)c(O)cn1O)NC[C@@H]1[C@H](NC(=O)/C(=N\OC2(C(=O)O)CCC2)c2csc(N)n2)C(=O)N1S(=O)(=O)O. The van der Waals surface area contributed by atoms with Crippen molar-refractivity contribution < 1.29 is 47.6 Å². The highest BCUT2D eigenvalue weighted by atomic mass is 32.2. The molecular weight excluding hydrogens is 644 g/mol. The number of pyridine rings is 1. The minimum atomic E-state index is -5.14. The van der Waals surface area contributed by atoms with Gasteiger partial charge in [-0.3, -0.25) is 18.9 Å². The monoisotopic (exact) mass is 668 g/mol. The van der Waals surface area contributed by atoms with E-state index in [0.717, 1.165) is 23.6 Å². The number of aromatic hydroxyl groups is 1. The number of nitriles is 1. The molecule has 240 valence electrons. The summed E-state index contributed by atoms with van der Waals surface area (Å²) in [6.45, 7) is -0.903. The van der Waals surface area contributed by atoms with E-state index in [-0.39, 0.29) is 46.2 Å². The van der Waals surface area contributed by atoms with Crippen molar-refractivity contribution in [1.82, 2.24) is 30.0 Å². The molecule has 0 unspecified atom stereocenters. The van der Waals surface area contributed by atoms with E-state index in [1.807, 2.05) is 0 Å². The summed E-state index contributed by atoms with van der Waals surface area (Å²) in [5.41, 5.74) is 2.36. The van der Waals surface area contributed by atoms with Gasteiger partial charge in [-0.25, -0.2) is 14.1 Å². The Labute approximate surface area is 256 Å². The molecule has 1 saturated carbocycles. The lowest BCUT2D eigenvalue weighted by molar-refractivity contribution is -0.178. The van der Waals surface area contributed by atoms with E-state index in [1.54, 1.807) is 0 Å². The fraction of sp³-hybridized carbons (Fsp3) is 0.364. The summed E-state index contributed by atoms with van der Waals surface area (Å²) in [5.74, 6) is -4.77. The van der Waals surface area contributed by atoms with Crippen molar-refractivity contribution in [3.63, 3.8) is 0 Å². The van der Waals surface area contributed by atoms with Crippen molar-refractivity contribution in [2.75, 3.05) is 12.3 Å². The van der Waals surface area contributed by atoms with E-state index < -0.39 is 69.2 Å². The van der Waals surface area contributed by atoms with Crippen molar-refractivity contribution >= 4 is 56.2 Å². The number of nitrogen functional groups attached to an aromatic ring is 1. The summed E-state index contributed by atoms with van der Waals surface area (Å²) in [6, 6.07) is -2.25. The number of thiazole rings is 1. The maximum atomic E-state index is 13.3. The average Bonchev–Trinajstić information content (AvgIpc) is 3.36. The van der Waals surface area contributed by atoms with Gasteiger partial charge in [-0.15, -0.1) is 16.3 Å². The lowest BCUT2D eigenvalue weighted by Gasteiger charge is -2.44. The van der Waals surface area contributed by atoms with Crippen LogP contribution in [0.15, 0.2) is 32.6 Å². The van der Waals surface area contributed by atoms with Gasteiger partial charge in [-0.05, 0) is 6.42 Å². The number of aliphatic carboxylic acids is 1. The Morgan fingerprint density at radius 3 is 2.58 bits per heavy atom. The largest absolute Gasteiger partial charge is 0.503 e. The summed E-state index contributed by atoms with van der Waals surface area (Å²) in [4.78, 5) is 62.0. The lowest BCUT2D eigenvalue weighted by Crippen LogP contribution is -2.74. The Bertz CT molecular complexity index is 1790. The number of β-lactam (4-membered cyclic amide) rings is 1. The van der Waals surface area contributed by atoms with Crippen molar-refractivity contribution in [3.05, 3.63) is 39.3 Å². The third-order valence-electron chi connectivity index (χ3n) is 6.71. The number of nitrogens with two attached hydrogens (primary N) is 1. The van der Waals surface area contributed by atoms with E-state index in [2.05, 4.69) is 31.1 Å². The number of hydrogen-bond donors (Lipinski definition) is 8. The van der Waals surface area contributed by atoms with Gasteiger partial charge in [-0.1, -0.05) is 5.16 Å². The summed E-state index contributed by atoms with van der Waals surface area (Å²) < 4.78 is 34.0. The Morgan fingerprint density at radius 1 is 1.31 bits per heavy atom. The zero-order valence-corrected chi connectivity index (χ0v) is 24.3. The molecule has 2 aromatic rings. The zero-order chi connectivity index (χ0) is 33.1. The average molecular weight is 669 g/mol. The number of amides is 2. The molecule has 2 fully saturated rings. The van der Waals surface area contributed by atoms with Gasteiger partial charge in [0.05, 0.1) is 24.5 Å². The van der Waals surface area contributed by atoms with E-state index in [4.69, 9.17) is 15.8 Å². The second-order valence-electron chi connectivity index (χ2n) is 9.54. The second-order valence-corrected chi connectivity index (χ2v) is 11.7. The van der Waals surface area contributed by atoms with Gasteiger partial charge in [0.25, 0.3) is 11.8 Å². The molecule has 9 N–H and O–H groups in total. The molecule has 2 aliphatic rings. The summed E-state index contributed by atoms with van der Waals surface area (Å²) in [5, 5.41) is 50.2. The number of aliphatic imine (C=N–C) groups is 1. The standard InChI is InChI=1S/C22H24N10O11S2/c23-9-27-21(25-5-10-4-13(33)14(34)7-31(10)39)26-6-12-16(18(36)32(12)45(40,41)42)29-17(35)15(11-8-44-20(24)28-11)30-43-22(19(37)38)2-1-3-22/h4,7-8,12,16,34,39H,1-3,5-6H2,(H2,24,28)(H,29,35)(H,37,38)(H2,25,26,27)(H,40,41,42)/b30-15-/t12-,16+/m1/s1. The first-order valence-electron chi connectivity index (χ1n) is 12.6. The molecule has 45 heavy (non-hydrogen) atoms. The number of hydrogen-bond acceptors (Lipinski definition) is 15. The molecular formula is C22H24N10O11S2. The smallest absolute Gasteiger partial charge is 0.362 e. The van der Waals surface area contributed by atoms with Crippen LogP contribution in [0.4, 0.5) is 5.13 Å². The predicted octanol–water partition coefficient (Wildman–Crippen LogP) is -2.73. The van der Waals surface area contributed by atoms with Gasteiger partial charge in [0.2, 0.25) is 23.2 Å². The van der Waals surface area contributed by atoms with Gasteiger partial charge in [0.1, 0.15) is 11.7 Å². The number of carbonyl (C=O) groups is 3. The topological polar surface area (TPSA) is 324 Å². The van der Waals surface area contributed by atoms with Crippen LogP contribution in [0.2, 0.25) is 0 Å². The van der Waals surface area contributed by atoms with E-state index in [0.29, 0.717) is 11.2 Å². The van der Waals surface area contributed by atoms with Gasteiger partial charge in [0, 0.05) is 30.8 Å². The van der Waals surface area contributed by atoms with Crippen molar-refractivity contribution in [1.29, 1.82) is 5.26 Å². The Hall–Kier alpha value is -5.47. The fourth-order valence-electron chi connectivity index (χ4n) is 4.20. The molecule has 2 atom stereocenters. The molecule has 1 aliphatic heterocycles. The molecule has 23 heteroatoms. The third-order valence-corrected chi connectivity index (χ3v) is 8.33. The summed E-state index contributed by atoms with van der Waals surface area (Å²) in [6.07, 6.45) is 2.94. The maximum absolute atomic E-state index is 13.3. The quantitative estimate of drug-likeness (QED) is 0.0229. The van der Waals surface area contributed by atoms with E-state index in [9.17, 15) is 47.6 Å². The lowest BCUT2D eigenvalue weighted by atomic mass is 9.80. The van der Waals surface area contributed by atoms with Crippen molar-refractivity contribution in [3.8, 4) is 11.9 Å². The van der Waals surface area contributed by atoms with Gasteiger partial charge in [-0.2, -0.15) is 18.4 Å². The number of carboxylic acid groups (broad SMARTS) is 1. The number of anilines is 1. The third kappa shape index (κ3) is 6.87. The van der Waals surface area contributed by atoms with Crippen LogP contribution in [0, 0.1) is 11.5 Å². The van der Waals surface area contributed by atoms with Crippen LogP contribution in [0.5, 0.6) is 5.75 Å². The highest BCUT2D eigenvalue weighted by Gasteiger charge is 2.54. The highest BCUT2D eigenvalue weighted by Crippen LogP contribution is 2.36. The molecule has 4 rings (SSSR count). The molecule has 0 bridgehead atoms. The van der Waals surface area contributed by atoms with Crippen molar-refractivity contribution in [2.24, 2.45) is 10.1 Å². The maximum Gasteiger partial charge on any atom is 0.362 e. The van der Waals surface area contributed by atoms with Crippen LogP contribution in [-0.2, 0) is 36.1 Å². The molecule has 0 radical (unpaired) electrons. The molecule has 1 aliphatic carbocycles. The number of oxime groups is 1. The molecule has 1 saturated heterocycles. The van der Waals surface area contributed by atoms with Gasteiger partial charge in [0.15, 0.2) is 16.6 Å². The van der Waals surface area contributed by atoms with E-state index >= 15 is 0 Å². The van der Waals surface area contributed by atoms with Crippen molar-refractivity contribution in [2.45, 2.75) is 43.5 Å². The van der Waals surface area contributed by atoms with Crippen LogP contribution in [0.3, 0.4) is 0 Å². The Balaban J connectivity index is 1.52. The van der Waals surface area contributed by atoms with Gasteiger partial charge >= 0.3 is 16.3 Å². The minimum absolute atomic E-state index is 0.0174. The number of nitrogens with zero attached hydrogens (tertiary/aromatic N) is 6. The molecule has 2 aromatic heterocycles. The molecule has 2 amide bonds. The molecule has 0 aromatic carbocycles. The first-order chi connectivity index (χ1) is 21.2. The number of carbonyl (C=O) groups excluding carboxylic acids is 2. The predicted molar refractivity (Wildman–Crippen MR) is 150 cm³/mol. The van der Waals surface area contributed by atoms with Crippen LogP contribution in [0.1, 0.15) is 30.7 Å². The van der Waals surface area contributed by atoms with Crippen LogP contribution in [-0.4, -0.2) is 96.1 Å². The van der Waals surface area contributed by atoms with E-state index in [1.165, 1.54) is 11.6 Å². The minimum Gasteiger partial charge on any atom is -0.503 e. The Morgan fingerprint density at radius 2 is 2.02 bits per heavy atom. The molecule has 21 nitrogen and oxygen atoms in total. The van der Waals surface area contributed by atoms with Gasteiger partial charge < -0.3 is 41.9 Å². The van der Waals surface area contributed by atoms with Crippen LogP contribution >= 0.6 is 11.3 Å². The zero-order valence-electron chi connectivity index (χ0n) is 22.6. The first kappa shape index (κ1) is 32.4. The number of rotatable bonds is 11. The Kier molecular flexibility index (Phi) is 9.11.